The molecule has 5 heteroatoms. The Kier molecular flexibility index (Phi) is 1.90. The van der Waals surface area contributed by atoms with Crippen LogP contribution in [-0.4, -0.2) is 18.1 Å². The molecule has 0 amide bonds. The highest BCUT2D eigenvalue weighted by Gasteiger charge is 2.32. The number of nitriles is 1. The monoisotopic (exact) mass is 256 g/mol. The molecule has 0 unspecified atom stereocenters. The third-order valence-corrected chi connectivity index (χ3v) is 5.07. The van der Waals surface area contributed by atoms with Crippen molar-refractivity contribution in [3.63, 3.8) is 0 Å². The first kappa shape index (κ1) is 10.2. The fraction of sp³-hybridized carbons (Fsp3) is 0.385. The fourth-order valence-corrected chi connectivity index (χ4v) is 3.96. The van der Waals surface area contributed by atoms with Crippen LogP contribution in [-0.2, 0) is 0 Å². The molecular formula is C13H12N4S. The number of hydrogen-bond acceptors (Lipinski definition) is 5. The van der Waals surface area contributed by atoms with Gasteiger partial charge in [-0.15, -0.1) is 11.3 Å². The summed E-state index contributed by atoms with van der Waals surface area (Å²) in [6.45, 7) is 2.25. The lowest BCUT2D eigenvalue weighted by atomic mass is 9.86. The van der Waals surface area contributed by atoms with Crippen molar-refractivity contribution >= 4 is 32.9 Å². The number of fused-ring (bicyclic) bond motifs is 3. The predicted molar refractivity (Wildman–Crippen MR) is 72.9 cm³/mol. The molecule has 90 valence electrons. The Morgan fingerprint density at radius 1 is 1.44 bits per heavy atom. The highest BCUT2D eigenvalue weighted by molar-refractivity contribution is 7.19. The van der Waals surface area contributed by atoms with E-state index in [1.165, 1.54) is 35.6 Å². The third-order valence-electron chi connectivity index (χ3n) is 4.05. The number of aromatic nitrogens is 1. The minimum Gasteiger partial charge on any atom is -0.396 e. The zero-order valence-corrected chi connectivity index (χ0v) is 10.6. The van der Waals surface area contributed by atoms with Crippen molar-refractivity contribution in [3.05, 3.63) is 16.6 Å². The van der Waals surface area contributed by atoms with Crippen LogP contribution in [0.25, 0.3) is 10.2 Å². The van der Waals surface area contributed by atoms with Gasteiger partial charge < -0.3 is 10.6 Å². The lowest BCUT2D eigenvalue weighted by Crippen LogP contribution is -2.39. The molecule has 2 bridgehead atoms. The summed E-state index contributed by atoms with van der Waals surface area (Å²) in [5.74, 6) is 0.600. The third kappa shape index (κ3) is 1.16. The van der Waals surface area contributed by atoms with Gasteiger partial charge in [0, 0.05) is 24.4 Å². The van der Waals surface area contributed by atoms with Gasteiger partial charge in [-0.05, 0) is 18.9 Å². The van der Waals surface area contributed by atoms with Crippen LogP contribution in [0.1, 0.15) is 29.3 Å². The predicted octanol–water partition coefficient (Wildman–Crippen LogP) is 2.45. The Bertz CT molecular complexity index is 689. The van der Waals surface area contributed by atoms with Crippen molar-refractivity contribution in [2.24, 2.45) is 0 Å². The Hall–Kier alpha value is -1.80. The van der Waals surface area contributed by atoms with Crippen LogP contribution >= 0.6 is 11.3 Å². The summed E-state index contributed by atoms with van der Waals surface area (Å²) in [4.78, 5) is 8.67. The SMILES string of the molecule is N#Cc1sc2nc3c(cc2c1N)N1CCC3CC1. The summed E-state index contributed by atoms with van der Waals surface area (Å²) in [5.41, 5.74) is 9.05. The maximum atomic E-state index is 9.04. The number of rotatable bonds is 0. The summed E-state index contributed by atoms with van der Waals surface area (Å²) in [6, 6.07) is 4.29. The standard InChI is InChI=1S/C13H12N4S/c14-6-10-11(15)8-5-9-12(16-13(8)18-10)7-1-3-17(9)4-2-7/h5,7H,1-4,15H2. The van der Waals surface area contributed by atoms with E-state index in [1.54, 1.807) is 0 Å². The van der Waals surface area contributed by atoms with Crippen LogP contribution < -0.4 is 10.6 Å². The van der Waals surface area contributed by atoms with E-state index in [-0.39, 0.29) is 0 Å². The van der Waals surface area contributed by atoms with Gasteiger partial charge in [0.15, 0.2) is 0 Å². The molecule has 2 N–H and O–H groups in total. The minimum atomic E-state index is 0.585. The van der Waals surface area contributed by atoms with Gasteiger partial charge in [0.25, 0.3) is 0 Å². The zero-order chi connectivity index (χ0) is 12.3. The number of nitrogens with zero attached hydrogens (tertiary/aromatic N) is 3. The molecule has 1 saturated heterocycles. The lowest BCUT2D eigenvalue weighted by molar-refractivity contribution is 0.465. The van der Waals surface area contributed by atoms with E-state index >= 15 is 0 Å². The number of thiophene rings is 1. The second-order valence-corrected chi connectivity index (χ2v) is 5.96. The van der Waals surface area contributed by atoms with Gasteiger partial charge in [-0.25, -0.2) is 4.98 Å². The molecule has 0 radical (unpaired) electrons. The van der Waals surface area contributed by atoms with Gasteiger partial charge in [-0.3, -0.25) is 0 Å². The summed E-state index contributed by atoms with van der Waals surface area (Å²) in [6.07, 6.45) is 2.41. The Balaban J connectivity index is 2.04. The Morgan fingerprint density at radius 2 is 2.22 bits per heavy atom. The second-order valence-electron chi connectivity index (χ2n) is 4.96. The van der Waals surface area contributed by atoms with E-state index in [0.717, 1.165) is 23.3 Å². The lowest BCUT2D eigenvalue weighted by Gasteiger charge is -2.41. The number of hydrogen-bond donors (Lipinski definition) is 1. The molecule has 4 nitrogen and oxygen atoms in total. The highest BCUT2D eigenvalue weighted by Crippen LogP contribution is 2.44. The van der Waals surface area contributed by atoms with Crippen LogP contribution in [0.2, 0.25) is 0 Å². The summed E-state index contributed by atoms with van der Waals surface area (Å²) in [5, 5.41) is 9.99. The van der Waals surface area contributed by atoms with Crippen LogP contribution in [0.15, 0.2) is 6.07 Å². The van der Waals surface area contributed by atoms with Gasteiger partial charge in [0.05, 0.1) is 17.1 Å². The van der Waals surface area contributed by atoms with Crippen molar-refractivity contribution in [2.45, 2.75) is 18.8 Å². The number of pyridine rings is 1. The number of piperidine rings is 1. The molecule has 5 heterocycles. The average Bonchev–Trinajstić information content (AvgIpc) is 2.74. The summed E-state index contributed by atoms with van der Waals surface area (Å²) >= 11 is 1.41. The fourth-order valence-electron chi connectivity index (χ4n) is 3.07. The molecule has 2 aromatic rings. The zero-order valence-electron chi connectivity index (χ0n) is 9.81. The van der Waals surface area contributed by atoms with Crippen molar-refractivity contribution in [1.29, 1.82) is 5.26 Å². The minimum absolute atomic E-state index is 0.585. The largest absolute Gasteiger partial charge is 0.396 e. The van der Waals surface area contributed by atoms with E-state index in [4.69, 9.17) is 16.0 Å². The molecule has 5 rings (SSSR count). The number of nitrogens with two attached hydrogens (primary N) is 1. The van der Waals surface area contributed by atoms with E-state index in [1.807, 2.05) is 0 Å². The molecule has 0 spiro atoms. The van der Waals surface area contributed by atoms with Crippen molar-refractivity contribution < 1.29 is 0 Å². The molecule has 0 atom stereocenters. The van der Waals surface area contributed by atoms with E-state index in [0.29, 0.717) is 16.5 Å². The average molecular weight is 256 g/mol. The summed E-state index contributed by atoms with van der Waals surface area (Å²) in [7, 11) is 0. The first-order valence-electron chi connectivity index (χ1n) is 6.16. The Morgan fingerprint density at radius 3 is 2.94 bits per heavy atom. The molecule has 0 saturated carbocycles. The normalized spacial score (nSPS) is 18.1. The van der Waals surface area contributed by atoms with E-state index in [2.05, 4.69) is 17.0 Å². The van der Waals surface area contributed by atoms with Crippen molar-refractivity contribution in [2.75, 3.05) is 23.7 Å². The van der Waals surface area contributed by atoms with Crippen molar-refractivity contribution in [1.82, 2.24) is 4.98 Å². The van der Waals surface area contributed by atoms with Crippen LogP contribution in [0.4, 0.5) is 11.4 Å². The molecule has 18 heavy (non-hydrogen) atoms. The first-order chi connectivity index (χ1) is 8.78. The van der Waals surface area contributed by atoms with Crippen LogP contribution in [0.5, 0.6) is 0 Å². The number of nitrogen functional groups attached to an aromatic ring is 1. The molecule has 2 aromatic heterocycles. The quantitative estimate of drug-likeness (QED) is 0.786. The number of anilines is 2. The maximum absolute atomic E-state index is 9.04. The molecule has 0 aliphatic carbocycles. The topological polar surface area (TPSA) is 65.9 Å². The highest BCUT2D eigenvalue weighted by atomic mass is 32.1. The molecule has 3 aliphatic heterocycles. The smallest absolute Gasteiger partial charge is 0.130 e. The molecule has 0 aromatic carbocycles. The molecule has 1 fully saturated rings. The van der Waals surface area contributed by atoms with Gasteiger partial charge in [-0.2, -0.15) is 5.26 Å². The van der Waals surface area contributed by atoms with Gasteiger partial charge in [-0.1, -0.05) is 0 Å². The summed E-state index contributed by atoms with van der Waals surface area (Å²) < 4.78 is 0. The maximum Gasteiger partial charge on any atom is 0.130 e. The first-order valence-corrected chi connectivity index (χ1v) is 6.97. The Labute approximate surface area is 109 Å². The second kappa shape index (κ2) is 3.36. The van der Waals surface area contributed by atoms with E-state index in [9.17, 15) is 0 Å². The van der Waals surface area contributed by atoms with Crippen LogP contribution in [0.3, 0.4) is 0 Å². The molecular weight excluding hydrogens is 244 g/mol. The van der Waals surface area contributed by atoms with Gasteiger partial charge in [0.2, 0.25) is 0 Å². The molecule has 3 aliphatic rings. The van der Waals surface area contributed by atoms with Gasteiger partial charge in [0.1, 0.15) is 15.8 Å². The van der Waals surface area contributed by atoms with Crippen molar-refractivity contribution in [3.8, 4) is 6.07 Å². The van der Waals surface area contributed by atoms with Gasteiger partial charge >= 0.3 is 0 Å². The van der Waals surface area contributed by atoms with E-state index < -0.39 is 0 Å². The van der Waals surface area contributed by atoms with Crippen LogP contribution in [0, 0.1) is 11.3 Å².